The minimum Gasteiger partial charge on any atom is -0.429 e. The molecule has 0 bridgehead atoms. The van der Waals surface area contributed by atoms with Crippen molar-refractivity contribution in [3.05, 3.63) is 65.2 Å². The van der Waals surface area contributed by atoms with Crippen molar-refractivity contribution in [3.8, 4) is 5.75 Å². The molecule has 1 fully saturated rings. The van der Waals surface area contributed by atoms with Crippen molar-refractivity contribution in [2.24, 2.45) is 5.92 Å². The minimum atomic E-state index is -3.72. The lowest BCUT2D eigenvalue weighted by atomic mass is 10.0. The Kier molecular flexibility index (Phi) is 7.10. The molecule has 0 saturated carbocycles. The molecular formula is C21H22F4O4. The molecule has 3 rings (SSSR count). The number of ether oxygens (including phenoxy) is 4. The van der Waals surface area contributed by atoms with Crippen LogP contribution in [0.2, 0.25) is 0 Å². The van der Waals surface area contributed by atoms with E-state index in [0.29, 0.717) is 31.5 Å². The van der Waals surface area contributed by atoms with Gasteiger partial charge in [0.2, 0.25) is 0 Å². The van der Waals surface area contributed by atoms with Gasteiger partial charge in [-0.2, -0.15) is 8.78 Å². The largest absolute Gasteiger partial charge is 0.429 e. The zero-order chi connectivity index (χ0) is 20.9. The lowest BCUT2D eigenvalue weighted by molar-refractivity contribution is -0.206. The van der Waals surface area contributed by atoms with Gasteiger partial charge in [-0.1, -0.05) is 12.1 Å². The van der Waals surface area contributed by atoms with Crippen LogP contribution in [0.4, 0.5) is 17.6 Å². The highest BCUT2D eigenvalue weighted by atomic mass is 19.3. The van der Waals surface area contributed by atoms with Gasteiger partial charge in [-0.05, 0) is 37.1 Å². The molecule has 0 spiro atoms. The Morgan fingerprint density at radius 3 is 2.31 bits per heavy atom. The maximum absolute atomic E-state index is 14.3. The van der Waals surface area contributed by atoms with Crippen LogP contribution < -0.4 is 4.74 Å². The molecule has 2 aromatic rings. The number of benzene rings is 2. The maximum Gasteiger partial charge on any atom is 0.426 e. The average molecular weight is 414 g/mol. The van der Waals surface area contributed by atoms with Crippen molar-refractivity contribution in [1.29, 1.82) is 0 Å². The summed E-state index contributed by atoms with van der Waals surface area (Å²) in [6.45, 7) is 1.72. The number of hydrogen-bond donors (Lipinski definition) is 0. The monoisotopic (exact) mass is 414 g/mol. The molecule has 1 aliphatic heterocycles. The first-order valence-electron chi connectivity index (χ1n) is 9.23. The van der Waals surface area contributed by atoms with Crippen molar-refractivity contribution >= 4 is 0 Å². The third-order valence-electron chi connectivity index (χ3n) is 4.58. The van der Waals surface area contributed by atoms with Gasteiger partial charge in [-0.15, -0.1) is 0 Å². The molecular weight excluding hydrogens is 392 g/mol. The highest BCUT2D eigenvalue weighted by Crippen LogP contribution is 2.34. The van der Waals surface area contributed by atoms with E-state index in [1.165, 1.54) is 24.3 Å². The van der Waals surface area contributed by atoms with Crippen LogP contribution in [0.1, 0.15) is 30.3 Å². The summed E-state index contributed by atoms with van der Waals surface area (Å²) >= 11 is 0. The predicted octanol–water partition coefficient (Wildman–Crippen LogP) is 5.18. The zero-order valence-electron chi connectivity index (χ0n) is 15.9. The molecule has 0 aromatic heterocycles. The predicted molar refractivity (Wildman–Crippen MR) is 96.6 cm³/mol. The van der Waals surface area contributed by atoms with Crippen molar-refractivity contribution < 1.29 is 36.5 Å². The van der Waals surface area contributed by atoms with E-state index in [2.05, 4.69) is 4.74 Å². The maximum atomic E-state index is 14.3. The van der Waals surface area contributed by atoms with Crippen molar-refractivity contribution in [3.63, 3.8) is 0 Å². The number of hydrogen-bond acceptors (Lipinski definition) is 4. The third-order valence-corrected chi connectivity index (χ3v) is 4.58. The van der Waals surface area contributed by atoms with Crippen LogP contribution in [0.5, 0.6) is 5.75 Å². The van der Waals surface area contributed by atoms with E-state index < -0.39 is 35.3 Å². The molecule has 29 heavy (non-hydrogen) atoms. The Morgan fingerprint density at radius 2 is 1.69 bits per heavy atom. The molecule has 0 unspecified atom stereocenters. The molecule has 0 amide bonds. The second-order valence-electron chi connectivity index (χ2n) is 6.82. The van der Waals surface area contributed by atoms with Crippen molar-refractivity contribution in [2.45, 2.75) is 25.2 Å². The lowest BCUT2D eigenvalue weighted by Crippen LogP contribution is -2.27. The van der Waals surface area contributed by atoms with Crippen LogP contribution in [-0.2, 0) is 20.3 Å². The second-order valence-corrected chi connectivity index (χ2v) is 6.82. The van der Waals surface area contributed by atoms with Gasteiger partial charge < -0.3 is 18.9 Å². The van der Waals surface area contributed by atoms with Gasteiger partial charge in [0.05, 0.1) is 18.8 Å². The van der Waals surface area contributed by atoms with Gasteiger partial charge in [0.1, 0.15) is 5.75 Å². The fourth-order valence-corrected chi connectivity index (χ4v) is 3.00. The Hall–Kier alpha value is -2.16. The van der Waals surface area contributed by atoms with Crippen LogP contribution in [0, 0.1) is 17.6 Å². The summed E-state index contributed by atoms with van der Waals surface area (Å²) in [7, 11) is 1.65. The van der Waals surface area contributed by atoms with Gasteiger partial charge in [-0.25, -0.2) is 8.78 Å². The summed E-state index contributed by atoms with van der Waals surface area (Å²) in [5.74, 6) is -2.61. The first kappa shape index (κ1) is 21.5. The van der Waals surface area contributed by atoms with Gasteiger partial charge in [0, 0.05) is 31.3 Å². The Morgan fingerprint density at radius 1 is 1.00 bits per heavy atom. The van der Waals surface area contributed by atoms with E-state index in [-0.39, 0.29) is 5.92 Å². The van der Waals surface area contributed by atoms with Gasteiger partial charge >= 0.3 is 6.11 Å². The van der Waals surface area contributed by atoms with E-state index in [4.69, 9.17) is 14.2 Å². The summed E-state index contributed by atoms with van der Waals surface area (Å²) < 4.78 is 75.8. The summed E-state index contributed by atoms with van der Waals surface area (Å²) in [4.78, 5) is 0. The van der Waals surface area contributed by atoms with E-state index in [1.54, 1.807) is 7.11 Å². The van der Waals surface area contributed by atoms with Crippen LogP contribution in [-0.4, -0.2) is 26.9 Å². The van der Waals surface area contributed by atoms with Crippen LogP contribution in [0.25, 0.3) is 0 Å². The second kappa shape index (κ2) is 9.56. The average Bonchev–Trinajstić information content (AvgIpc) is 2.71. The third kappa shape index (κ3) is 5.68. The van der Waals surface area contributed by atoms with Crippen molar-refractivity contribution in [1.82, 2.24) is 0 Å². The minimum absolute atomic E-state index is 0.273. The first-order valence-corrected chi connectivity index (χ1v) is 9.23. The molecule has 4 nitrogen and oxygen atoms in total. The number of halogens is 4. The van der Waals surface area contributed by atoms with Crippen molar-refractivity contribution in [2.75, 3.05) is 26.9 Å². The SMILES string of the molecule is COCCCC1COC(c2ccc(C(F)(F)Oc3ccc(F)c(F)c3)cc2)OC1. The standard InChI is InChI=1S/C21H22F4O4/c1-26-10-2-3-14-12-27-20(28-13-14)15-4-6-16(7-5-15)21(24,25)29-17-8-9-18(22)19(23)11-17/h4-9,11,14,20H,2-3,10,12-13H2,1H3. The lowest BCUT2D eigenvalue weighted by Gasteiger charge is -2.29. The topological polar surface area (TPSA) is 36.9 Å². The zero-order valence-corrected chi connectivity index (χ0v) is 15.9. The molecule has 1 aliphatic rings. The molecule has 0 atom stereocenters. The fraction of sp³-hybridized carbons (Fsp3) is 0.429. The molecule has 158 valence electrons. The summed E-state index contributed by atoms with van der Waals surface area (Å²) in [5, 5.41) is 0. The van der Waals surface area contributed by atoms with E-state index in [1.807, 2.05) is 0 Å². The Bertz CT molecular complexity index is 790. The van der Waals surface area contributed by atoms with E-state index in [0.717, 1.165) is 25.0 Å². The molecule has 8 heteroatoms. The van der Waals surface area contributed by atoms with Gasteiger partial charge in [-0.3, -0.25) is 0 Å². The van der Waals surface area contributed by atoms with E-state index >= 15 is 0 Å². The highest BCUT2D eigenvalue weighted by Gasteiger charge is 2.35. The van der Waals surface area contributed by atoms with Gasteiger partial charge in [0.25, 0.3) is 0 Å². The fourth-order valence-electron chi connectivity index (χ4n) is 3.00. The van der Waals surface area contributed by atoms with Gasteiger partial charge in [0.15, 0.2) is 17.9 Å². The highest BCUT2D eigenvalue weighted by molar-refractivity contribution is 5.29. The molecule has 0 radical (unpaired) electrons. The number of rotatable bonds is 8. The Labute approximate surface area is 166 Å². The molecule has 2 aromatic carbocycles. The van der Waals surface area contributed by atoms with Crippen LogP contribution in [0.15, 0.2) is 42.5 Å². The first-order chi connectivity index (χ1) is 13.9. The summed E-state index contributed by atoms with van der Waals surface area (Å²) in [6, 6.07) is 7.54. The smallest absolute Gasteiger partial charge is 0.426 e. The number of alkyl halides is 2. The summed E-state index contributed by atoms with van der Waals surface area (Å²) in [6.07, 6.45) is -2.50. The summed E-state index contributed by atoms with van der Waals surface area (Å²) in [5.41, 5.74) is 0.173. The van der Waals surface area contributed by atoms with E-state index in [9.17, 15) is 17.6 Å². The van der Waals surface area contributed by atoms with Crippen LogP contribution >= 0.6 is 0 Å². The molecule has 1 saturated heterocycles. The molecule has 0 N–H and O–H groups in total. The Balaban J connectivity index is 1.58. The normalized spacial score (nSPS) is 19.9. The molecule has 0 aliphatic carbocycles. The van der Waals surface area contributed by atoms with Crippen LogP contribution in [0.3, 0.4) is 0 Å². The number of methoxy groups -OCH3 is 1. The quantitative estimate of drug-likeness (QED) is 0.441. The molecule has 1 heterocycles.